The maximum Gasteiger partial charge on any atom is 0.178 e. The van der Waals surface area contributed by atoms with E-state index in [0.29, 0.717) is 17.6 Å². The van der Waals surface area contributed by atoms with Crippen molar-refractivity contribution in [2.75, 3.05) is 0 Å². The van der Waals surface area contributed by atoms with Gasteiger partial charge in [0, 0.05) is 11.3 Å². The Morgan fingerprint density at radius 3 is 2.58 bits per heavy atom. The topological polar surface area (TPSA) is 34.1 Å². The van der Waals surface area contributed by atoms with Gasteiger partial charge in [0.2, 0.25) is 0 Å². The van der Waals surface area contributed by atoms with Gasteiger partial charge in [-0.2, -0.15) is 0 Å². The average Bonchev–Trinajstić information content (AvgIpc) is 2.85. The lowest BCUT2D eigenvalue weighted by atomic mass is 9.47. The van der Waals surface area contributed by atoms with Crippen LogP contribution < -0.4 is 0 Å². The number of allylic oxidation sites excluding steroid dienone is 4. The van der Waals surface area contributed by atoms with Gasteiger partial charge in [-0.1, -0.05) is 25.5 Å². The quantitative estimate of drug-likeness (QED) is 0.700. The summed E-state index contributed by atoms with van der Waals surface area (Å²) in [5, 5.41) is 0. The van der Waals surface area contributed by atoms with Crippen molar-refractivity contribution >= 4 is 11.6 Å². The summed E-state index contributed by atoms with van der Waals surface area (Å²) < 4.78 is 0. The summed E-state index contributed by atoms with van der Waals surface area (Å²) in [5.74, 6) is 2.91. The number of hydrogen-bond acceptors (Lipinski definition) is 2. The Kier molecular flexibility index (Phi) is 4.13. The zero-order chi connectivity index (χ0) is 16.4. The summed E-state index contributed by atoms with van der Waals surface area (Å²) in [5.41, 5.74) is 1.65. The van der Waals surface area contributed by atoms with Crippen LogP contribution in [0.15, 0.2) is 23.8 Å². The molecule has 0 aromatic rings. The first-order chi connectivity index (χ1) is 10.9. The molecular weight excluding hydrogens is 303 g/mol. The summed E-state index contributed by atoms with van der Waals surface area (Å²) in [7, 11) is 0. The van der Waals surface area contributed by atoms with Crippen LogP contribution in [0.25, 0.3) is 0 Å². The first kappa shape index (κ1) is 17.6. The molecule has 4 rings (SSSR count). The number of hydrogen-bond donors (Lipinski definition) is 0. The van der Waals surface area contributed by atoms with Gasteiger partial charge in [0.05, 0.1) is 0 Å². The number of Topliss-reactive ketones (excluding diaryl/α,β-unsaturated/α-hetero) is 1. The van der Waals surface area contributed by atoms with E-state index >= 15 is 0 Å². The van der Waals surface area contributed by atoms with Gasteiger partial charge in [0.15, 0.2) is 5.78 Å². The van der Waals surface area contributed by atoms with E-state index in [4.69, 9.17) is 0 Å². The number of fused-ring (bicyclic) bond motifs is 5. The fraction of sp³-hybridized carbons (Fsp3) is 0.714. The molecule has 3 heteroatoms. The van der Waals surface area contributed by atoms with Crippen molar-refractivity contribution in [2.24, 2.45) is 34.5 Å². The number of carbonyl (C=O) groups is 2. The Bertz CT molecular complexity index is 634. The largest absolute Gasteiger partial charge is 0.300 e. The zero-order valence-electron chi connectivity index (χ0n) is 15.0. The van der Waals surface area contributed by atoms with E-state index in [2.05, 4.69) is 19.9 Å². The van der Waals surface area contributed by atoms with Crippen molar-refractivity contribution < 1.29 is 14.3 Å². The molecule has 6 atom stereocenters. The average molecular weight is 332 g/mol. The summed E-state index contributed by atoms with van der Waals surface area (Å²) in [4.78, 5) is 23.9. The normalized spacial score (nSPS) is 46.3. The number of halogens is 1. The molecule has 0 radical (unpaired) electrons. The molecule has 0 amide bonds. The van der Waals surface area contributed by atoms with Crippen molar-refractivity contribution in [3.63, 3.8) is 0 Å². The van der Waals surface area contributed by atoms with Crippen LogP contribution in [0.5, 0.6) is 0 Å². The SMILES string of the molecule is CC(=O)[C@H]1CC[C@H]2[C@@H]3CCC4=CC(=O)C=C[C@]4(C)[C@H]3CC[C@]12C.F. The lowest BCUT2D eigenvalue weighted by molar-refractivity contribution is -0.127. The molecule has 0 bridgehead atoms. The highest BCUT2D eigenvalue weighted by molar-refractivity contribution is 6.01. The first-order valence-electron chi connectivity index (χ1n) is 9.31. The Morgan fingerprint density at radius 2 is 1.88 bits per heavy atom. The van der Waals surface area contributed by atoms with Crippen LogP contribution in [-0.4, -0.2) is 11.6 Å². The highest BCUT2D eigenvalue weighted by Gasteiger charge is 2.59. The van der Waals surface area contributed by atoms with Crippen LogP contribution in [0.4, 0.5) is 4.70 Å². The number of rotatable bonds is 1. The molecule has 2 nitrogen and oxygen atoms in total. The van der Waals surface area contributed by atoms with E-state index < -0.39 is 0 Å². The van der Waals surface area contributed by atoms with Crippen LogP contribution in [0.3, 0.4) is 0 Å². The van der Waals surface area contributed by atoms with Crippen molar-refractivity contribution in [2.45, 2.75) is 59.3 Å². The van der Waals surface area contributed by atoms with Gasteiger partial charge in [-0.3, -0.25) is 14.3 Å². The third kappa shape index (κ3) is 2.19. The van der Waals surface area contributed by atoms with Crippen LogP contribution >= 0.6 is 0 Å². The fourth-order valence-corrected chi connectivity index (χ4v) is 6.87. The molecule has 0 spiro atoms. The Balaban J connectivity index is 0.00000169. The van der Waals surface area contributed by atoms with Gasteiger partial charge in [-0.15, -0.1) is 0 Å². The maximum atomic E-state index is 12.1. The van der Waals surface area contributed by atoms with Crippen LogP contribution in [-0.2, 0) is 9.59 Å². The smallest absolute Gasteiger partial charge is 0.178 e. The summed E-state index contributed by atoms with van der Waals surface area (Å²) >= 11 is 0. The van der Waals surface area contributed by atoms with E-state index in [1.54, 1.807) is 13.0 Å². The third-order valence-corrected chi connectivity index (χ3v) is 8.05. The fourth-order valence-electron chi connectivity index (χ4n) is 6.87. The molecule has 0 aromatic carbocycles. The molecule has 0 aliphatic heterocycles. The second kappa shape index (κ2) is 5.64. The molecule has 0 saturated heterocycles. The molecule has 0 N–H and O–H groups in total. The highest BCUT2D eigenvalue weighted by atomic mass is 19.0. The summed E-state index contributed by atoms with van der Waals surface area (Å²) in [6, 6.07) is 0. The molecule has 3 saturated carbocycles. The van der Waals surface area contributed by atoms with E-state index in [-0.39, 0.29) is 27.2 Å². The molecule has 4 aliphatic carbocycles. The molecular formula is C21H29FO2. The minimum Gasteiger partial charge on any atom is -0.300 e. The molecule has 24 heavy (non-hydrogen) atoms. The zero-order valence-corrected chi connectivity index (χ0v) is 15.0. The van der Waals surface area contributed by atoms with Gasteiger partial charge < -0.3 is 0 Å². The molecule has 4 aliphatic rings. The molecule has 132 valence electrons. The molecule has 0 heterocycles. The third-order valence-electron chi connectivity index (χ3n) is 8.05. The van der Waals surface area contributed by atoms with Gasteiger partial charge in [-0.05, 0) is 80.8 Å². The minimum absolute atomic E-state index is 0. The Hall–Kier alpha value is -1.25. The van der Waals surface area contributed by atoms with Crippen molar-refractivity contribution in [1.29, 1.82) is 0 Å². The number of ketones is 2. The Morgan fingerprint density at radius 1 is 1.12 bits per heavy atom. The predicted octanol–water partition coefficient (Wildman–Crippen LogP) is 4.65. The maximum absolute atomic E-state index is 12.1. The molecule has 3 fully saturated rings. The first-order valence-corrected chi connectivity index (χ1v) is 9.31. The van der Waals surface area contributed by atoms with E-state index in [1.807, 2.05) is 6.08 Å². The van der Waals surface area contributed by atoms with E-state index in [0.717, 1.165) is 18.8 Å². The van der Waals surface area contributed by atoms with Crippen molar-refractivity contribution in [1.82, 2.24) is 0 Å². The standard InChI is InChI=1S/C21H28O2.FH/c1-13(22)17-6-7-18-16-5-4-14-12-15(23)8-10-20(14,2)19(16)9-11-21(17,18)3;/h8,10,12,16-19H,4-7,9,11H2,1-3H3;1H/t16-,17+,18-,19-,20-,21+;/m0./s1. The number of carbonyl (C=O) groups excluding carboxylic acids is 2. The van der Waals surface area contributed by atoms with Gasteiger partial charge in [-0.25, -0.2) is 0 Å². The van der Waals surface area contributed by atoms with E-state index in [9.17, 15) is 9.59 Å². The summed E-state index contributed by atoms with van der Waals surface area (Å²) in [6.45, 7) is 6.53. The predicted molar refractivity (Wildman–Crippen MR) is 93.3 cm³/mol. The molecule has 0 aromatic heterocycles. The monoisotopic (exact) mass is 332 g/mol. The van der Waals surface area contributed by atoms with E-state index in [1.165, 1.54) is 31.3 Å². The van der Waals surface area contributed by atoms with Gasteiger partial charge in [0.1, 0.15) is 5.78 Å². The van der Waals surface area contributed by atoms with Gasteiger partial charge >= 0.3 is 0 Å². The van der Waals surface area contributed by atoms with Crippen LogP contribution in [0.1, 0.15) is 59.3 Å². The highest BCUT2D eigenvalue weighted by Crippen LogP contribution is 2.65. The van der Waals surface area contributed by atoms with Crippen LogP contribution in [0, 0.1) is 34.5 Å². The van der Waals surface area contributed by atoms with Gasteiger partial charge in [0.25, 0.3) is 0 Å². The second-order valence-corrected chi connectivity index (χ2v) is 8.89. The van der Waals surface area contributed by atoms with Crippen molar-refractivity contribution in [3.8, 4) is 0 Å². The second-order valence-electron chi connectivity index (χ2n) is 8.89. The minimum atomic E-state index is 0. The van der Waals surface area contributed by atoms with Crippen molar-refractivity contribution in [3.05, 3.63) is 23.8 Å². The lowest BCUT2D eigenvalue weighted by Gasteiger charge is -2.56. The van der Waals surface area contributed by atoms with Crippen LogP contribution in [0.2, 0.25) is 0 Å². The molecule has 0 unspecified atom stereocenters. The summed E-state index contributed by atoms with van der Waals surface area (Å²) in [6.07, 6.45) is 12.8. The lowest BCUT2D eigenvalue weighted by Crippen LogP contribution is -2.50. The Labute approximate surface area is 144 Å².